The Bertz CT molecular complexity index is 1190. The third-order valence-electron chi connectivity index (χ3n) is 3.98. The average molecular weight is 396 g/mol. The molecule has 0 unspecified atom stereocenters. The number of anilines is 2. The van der Waals surface area contributed by atoms with E-state index in [-0.39, 0.29) is 4.90 Å². The van der Waals surface area contributed by atoms with E-state index in [2.05, 4.69) is 27.4 Å². The summed E-state index contributed by atoms with van der Waals surface area (Å²) < 4.78 is 23.2. The van der Waals surface area contributed by atoms with Gasteiger partial charge in [-0.3, -0.25) is 0 Å². The summed E-state index contributed by atoms with van der Waals surface area (Å²) in [7, 11) is -3.22. The standard InChI is InChI=1S/C19H16N4O2S2/c1-27(24,25)15-9-7-14(8-10-15)22-18-17-19(21-12-20-18)26-16(23-17)11-13-5-3-2-4-6-13/h2-10,12H,11H2,1H3,(H,20,21,22). The highest BCUT2D eigenvalue weighted by Crippen LogP contribution is 2.28. The number of hydrogen-bond donors (Lipinski definition) is 1. The summed E-state index contributed by atoms with van der Waals surface area (Å²) in [5.41, 5.74) is 2.64. The summed E-state index contributed by atoms with van der Waals surface area (Å²) >= 11 is 1.54. The van der Waals surface area contributed by atoms with E-state index in [9.17, 15) is 8.42 Å². The molecule has 0 saturated heterocycles. The molecule has 2 aromatic heterocycles. The maximum atomic E-state index is 11.6. The highest BCUT2D eigenvalue weighted by atomic mass is 32.2. The van der Waals surface area contributed by atoms with Gasteiger partial charge >= 0.3 is 0 Å². The van der Waals surface area contributed by atoms with E-state index in [1.54, 1.807) is 35.6 Å². The van der Waals surface area contributed by atoms with Gasteiger partial charge in [0, 0.05) is 18.4 Å². The highest BCUT2D eigenvalue weighted by molar-refractivity contribution is 7.90. The molecular formula is C19H16N4O2S2. The molecule has 4 rings (SSSR count). The lowest BCUT2D eigenvalue weighted by Gasteiger charge is -2.06. The maximum Gasteiger partial charge on any atom is 0.175 e. The fourth-order valence-electron chi connectivity index (χ4n) is 2.66. The molecule has 0 aliphatic rings. The first-order valence-corrected chi connectivity index (χ1v) is 10.9. The molecule has 136 valence electrons. The third-order valence-corrected chi connectivity index (χ3v) is 6.07. The van der Waals surface area contributed by atoms with Gasteiger partial charge in [0.15, 0.2) is 15.7 Å². The van der Waals surface area contributed by atoms with E-state index >= 15 is 0 Å². The molecule has 0 spiro atoms. The van der Waals surface area contributed by atoms with E-state index in [4.69, 9.17) is 4.98 Å². The number of sulfone groups is 1. The van der Waals surface area contributed by atoms with Crippen molar-refractivity contribution < 1.29 is 8.42 Å². The smallest absolute Gasteiger partial charge is 0.175 e. The number of thiazole rings is 1. The minimum atomic E-state index is -3.22. The topological polar surface area (TPSA) is 84.8 Å². The molecule has 0 saturated carbocycles. The van der Waals surface area contributed by atoms with E-state index < -0.39 is 9.84 Å². The fourth-order valence-corrected chi connectivity index (χ4v) is 4.23. The third kappa shape index (κ3) is 3.96. The number of benzene rings is 2. The predicted octanol–water partition coefficient (Wildman–Crippen LogP) is 3.82. The Balaban J connectivity index is 1.62. The lowest BCUT2D eigenvalue weighted by Crippen LogP contribution is -1.99. The minimum Gasteiger partial charge on any atom is -0.338 e. The number of fused-ring (bicyclic) bond motifs is 1. The molecule has 2 heterocycles. The van der Waals surface area contributed by atoms with Crippen LogP contribution in [0.3, 0.4) is 0 Å². The van der Waals surface area contributed by atoms with Crippen molar-refractivity contribution in [1.82, 2.24) is 15.0 Å². The largest absolute Gasteiger partial charge is 0.338 e. The van der Waals surface area contributed by atoms with Crippen molar-refractivity contribution in [3.63, 3.8) is 0 Å². The zero-order chi connectivity index (χ0) is 18.9. The molecule has 2 aromatic carbocycles. The van der Waals surface area contributed by atoms with Crippen molar-refractivity contribution in [2.24, 2.45) is 0 Å². The van der Waals surface area contributed by atoms with E-state index in [1.165, 1.54) is 18.1 Å². The van der Waals surface area contributed by atoms with Crippen molar-refractivity contribution in [3.05, 3.63) is 71.5 Å². The summed E-state index contributed by atoms with van der Waals surface area (Å²) in [4.78, 5) is 14.4. The van der Waals surface area contributed by atoms with Gasteiger partial charge < -0.3 is 5.32 Å². The van der Waals surface area contributed by atoms with Gasteiger partial charge in [-0.2, -0.15) is 0 Å². The first-order chi connectivity index (χ1) is 13.0. The van der Waals surface area contributed by atoms with Gasteiger partial charge in [-0.1, -0.05) is 41.7 Å². The zero-order valence-corrected chi connectivity index (χ0v) is 16.1. The van der Waals surface area contributed by atoms with Crippen molar-refractivity contribution in [2.45, 2.75) is 11.3 Å². The molecule has 0 fully saturated rings. The summed E-state index contributed by atoms with van der Waals surface area (Å²) in [5, 5.41) is 4.17. The summed E-state index contributed by atoms with van der Waals surface area (Å²) in [6, 6.07) is 16.7. The van der Waals surface area contributed by atoms with E-state index in [0.717, 1.165) is 21.9 Å². The number of hydrogen-bond acceptors (Lipinski definition) is 7. The molecule has 0 radical (unpaired) electrons. The molecule has 0 atom stereocenters. The van der Waals surface area contributed by atoms with Crippen LogP contribution in [0.4, 0.5) is 11.5 Å². The quantitative estimate of drug-likeness (QED) is 0.552. The average Bonchev–Trinajstić information content (AvgIpc) is 3.06. The summed E-state index contributed by atoms with van der Waals surface area (Å²) in [6.07, 6.45) is 3.43. The maximum absolute atomic E-state index is 11.6. The van der Waals surface area contributed by atoms with Crippen LogP contribution in [0.2, 0.25) is 0 Å². The monoisotopic (exact) mass is 396 g/mol. The fraction of sp³-hybridized carbons (Fsp3) is 0.105. The van der Waals surface area contributed by atoms with Gasteiger partial charge in [0.1, 0.15) is 16.7 Å². The number of nitrogens with one attached hydrogen (secondary N) is 1. The molecule has 0 bridgehead atoms. The first-order valence-electron chi connectivity index (χ1n) is 8.20. The predicted molar refractivity (Wildman–Crippen MR) is 107 cm³/mol. The van der Waals surface area contributed by atoms with Crippen LogP contribution in [0.1, 0.15) is 10.6 Å². The molecule has 4 aromatic rings. The summed E-state index contributed by atoms with van der Waals surface area (Å²) in [6.45, 7) is 0. The lowest BCUT2D eigenvalue weighted by molar-refractivity contribution is 0.602. The Kier molecular flexibility index (Phi) is 4.59. The van der Waals surface area contributed by atoms with Gasteiger partial charge in [-0.15, -0.1) is 0 Å². The molecule has 6 nitrogen and oxygen atoms in total. The molecule has 8 heteroatoms. The normalized spacial score (nSPS) is 11.6. The number of aromatic nitrogens is 3. The molecule has 27 heavy (non-hydrogen) atoms. The van der Waals surface area contributed by atoms with Crippen LogP contribution in [0.15, 0.2) is 65.8 Å². The minimum absolute atomic E-state index is 0.277. The van der Waals surface area contributed by atoms with Crippen molar-refractivity contribution >= 4 is 43.0 Å². The number of rotatable bonds is 5. The van der Waals surface area contributed by atoms with Crippen LogP contribution in [0.25, 0.3) is 10.3 Å². The second kappa shape index (κ2) is 7.05. The Morgan fingerprint density at radius 2 is 1.74 bits per heavy atom. The Morgan fingerprint density at radius 3 is 2.44 bits per heavy atom. The van der Waals surface area contributed by atoms with Crippen molar-refractivity contribution in [3.8, 4) is 0 Å². The van der Waals surface area contributed by atoms with Crippen molar-refractivity contribution in [2.75, 3.05) is 11.6 Å². The van der Waals surface area contributed by atoms with Crippen LogP contribution in [-0.4, -0.2) is 29.6 Å². The SMILES string of the molecule is CS(=O)(=O)c1ccc(Nc2ncnc3sc(Cc4ccccc4)nc23)cc1. The van der Waals surface area contributed by atoms with Crippen LogP contribution in [0.5, 0.6) is 0 Å². The Morgan fingerprint density at radius 1 is 1.00 bits per heavy atom. The van der Waals surface area contributed by atoms with Crippen LogP contribution in [-0.2, 0) is 16.3 Å². The lowest BCUT2D eigenvalue weighted by atomic mass is 10.2. The van der Waals surface area contributed by atoms with Crippen LogP contribution >= 0.6 is 11.3 Å². The van der Waals surface area contributed by atoms with Crippen LogP contribution in [0, 0.1) is 0 Å². The summed E-state index contributed by atoms with van der Waals surface area (Å²) in [5.74, 6) is 0.600. The van der Waals surface area contributed by atoms with Gasteiger partial charge in [-0.25, -0.2) is 23.4 Å². The van der Waals surface area contributed by atoms with E-state index in [0.29, 0.717) is 11.3 Å². The molecule has 1 N–H and O–H groups in total. The zero-order valence-electron chi connectivity index (χ0n) is 14.5. The molecule has 0 aliphatic heterocycles. The highest BCUT2D eigenvalue weighted by Gasteiger charge is 2.12. The second-order valence-electron chi connectivity index (χ2n) is 6.07. The molecule has 0 aliphatic carbocycles. The number of nitrogens with zero attached hydrogens (tertiary/aromatic N) is 3. The van der Waals surface area contributed by atoms with Gasteiger partial charge in [-0.05, 0) is 29.8 Å². The van der Waals surface area contributed by atoms with Crippen molar-refractivity contribution in [1.29, 1.82) is 0 Å². The van der Waals surface area contributed by atoms with Gasteiger partial charge in [0.05, 0.1) is 9.90 Å². The molecular weight excluding hydrogens is 380 g/mol. The molecule has 0 amide bonds. The van der Waals surface area contributed by atoms with Crippen LogP contribution < -0.4 is 5.32 Å². The van der Waals surface area contributed by atoms with Gasteiger partial charge in [0.25, 0.3) is 0 Å². The van der Waals surface area contributed by atoms with E-state index in [1.807, 2.05) is 18.2 Å². The Hall–Kier alpha value is -2.84. The Labute approximate surface area is 160 Å². The first kappa shape index (κ1) is 17.6. The van der Waals surface area contributed by atoms with Gasteiger partial charge in [0.2, 0.25) is 0 Å². The second-order valence-corrected chi connectivity index (χ2v) is 9.15.